The van der Waals surface area contributed by atoms with Gasteiger partial charge in [0.15, 0.2) is 0 Å². The Morgan fingerprint density at radius 3 is 1.72 bits per heavy atom. The number of imidazole rings is 1. The van der Waals surface area contributed by atoms with Crippen molar-refractivity contribution in [3.05, 3.63) is 18.7 Å². The van der Waals surface area contributed by atoms with E-state index in [-0.39, 0.29) is 13.2 Å². The fraction of sp³-hybridized carbons (Fsp3) is 0.864. The van der Waals surface area contributed by atoms with E-state index in [1.165, 1.54) is 70.8 Å². The van der Waals surface area contributed by atoms with E-state index in [1.54, 1.807) is 0 Å². The third kappa shape index (κ3) is 19.1. The molecule has 1 aromatic rings. The molecular formula is C22H45N2O4P. The number of nitrogens with zero attached hydrogens (tertiary/aromatic N) is 2. The van der Waals surface area contributed by atoms with Gasteiger partial charge in [-0.2, -0.15) is 0 Å². The number of unbranched alkanes of at least 4 members (excludes halogenated alkanes) is 9. The first-order valence-corrected chi connectivity index (χ1v) is 13.0. The van der Waals surface area contributed by atoms with E-state index in [1.807, 2.05) is 13.8 Å². The van der Waals surface area contributed by atoms with Crippen molar-refractivity contribution in [2.75, 3.05) is 13.2 Å². The van der Waals surface area contributed by atoms with Gasteiger partial charge in [-0.15, -0.1) is 0 Å². The zero-order valence-corrected chi connectivity index (χ0v) is 20.2. The number of phosphoric acid groups is 1. The van der Waals surface area contributed by atoms with Gasteiger partial charge in [0.1, 0.15) is 12.4 Å². The molecule has 0 bridgehead atoms. The van der Waals surface area contributed by atoms with Crippen LogP contribution < -0.4 is 9.46 Å². The van der Waals surface area contributed by atoms with Gasteiger partial charge in [-0.3, -0.25) is 4.57 Å². The van der Waals surface area contributed by atoms with Crippen molar-refractivity contribution in [1.82, 2.24) is 4.57 Å². The molecule has 7 heteroatoms. The van der Waals surface area contributed by atoms with Crippen molar-refractivity contribution in [2.24, 2.45) is 7.05 Å². The second kappa shape index (κ2) is 19.3. The maximum atomic E-state index is 10.7. The summed E-state index contributed by atoms with van der Waals surface area (Å²) >= 11 is 0. The van der Waals surface area contributed by atoms with Crippen LogP contribution in [0.3, 0.4) is 0 Å². The van der Waals surface area contributed by atoms with Gasteiger partial charge in [-0.25, -0.2) is 9.13 Å². The average molecular weight is 433 g/mol. The molecule has 0 aromatic carbocycles. The number of aryl methyl sites for hydroxylation is 2. The van der Waals surface area contributed by atoms with Crippen LogP contribution in [-0.2, 0) is 27.2 Å². The minimum Gasteiger partial charge on any atom is -0.756 e. The molecule has 0 aliphatic carbocycles. The Hall–Kier alpha value is -0.680. The second-order valence-electron chi connectivity index (χ2n) is 7.61. The standard InChI is InChI=1S/C16H31N2.C6H15O4P/c1-3-4-5-6-7-8-9-10-11-12-13-18-15-14-17(2)16-18;1-3-5-9-11(7,8)10-6-4-2/h14-16H,3-13H2,1-2H3;3-6H2,1-2H3,(H,7,8)/q+1;/p-1. The lowest BCUT2D eigenvalue weighted by Crippen LogP contribution is -2.23. The molecule has 6 nitrogen and oxygen atoms in total. The van der Waals surface area contributed by atoms with Gasteiger partial charge in [-0.1, -0.05) is 72.1 Å². The number of hydrogen-bond donors (Lipinski definition) is 0. The van der Waals surface area contributed by atoms with E-state index in [2.05, 4.69) is 50.9 Å². The lowest BCUT2D eigenvalue weighted by atomic mass is 10.1. The Labute approximate surface area is 179 Å². The number of hydrogen-bond acceptors (Lipinski definition) is 4. The molecule has 0 saturated heterocycles. The molecule has 0 radical (unpaired) electrons. The molecule has 29 heavy (non-hydrogen) atoms. The zero-order chi connectivity index (χ0) is 21.8. The van der Waals surface area contributed by atoms with Crippen LogP contribution in [0.4, 0.5) is 0 Å². The molecule has 172 valence electrons. The first-order valence-electron chi connectivity index (χ1n) is 11.6. The van der Waals surface area contributed by atoms with Crippen LogP contribution in [0.15, 0.2) is 18.7 Å². The van der Waals surface area contributed by atoms with Crippen molar-refractivity contribution < 1.29 is 23.1 Å². The summed E-state index contributed by atoms with van der Waals surface area (Å²) in [5, 5.41) is 0. The highest BCUT2D eigenvalue weighted by Gasteiger charge is 2.06. The summed E-state index contributed by atoms with van der Waals surface area (Å²) in [6.07, 6.45) is 21.9. The zero-order valence-electron chi connectivity index (χ0n) is 19.3. The van der Waals surface area contributed by atoms with Gasteiger partial charge in [0.05, 0.1) is 26.8 Å². The van der Waals surface area contributed by atoms with E-state index in [4.69, 9.17) is 0 Å². The predicted octanol–water partition coefficient (Wildman–Crippen LogP) is 5.54. The molecule has 0 atom stereocenters. The molecule has 0 aliphatic rings. The monoisotopic (exact) mass is 432 g/mol. The van der Waals surface area contributed by atoms with Crippen LogP contribution in [0.2, 0.25) is 0 Å². The number of aromatic nitrogens is 2. The summed E-state index contributed by atoms with van der Waals surface area (Å²) in [6.45, 7) is 7.52. The fourth-order valence-electron chi connectivity index (χ4n) is 2.86. The van der Waals surface area contributed by atoms with Crippen molar-refractivity contribution in [3.63, 3.8) is 0 Å². The van der Waals surface area contributed by atoms with Crippen LogP contribution in [0.25, 0.3) is 0 Å². The largest absolute Gasteiger partial charge is 0.756 e. The molecule has 0 spiro atoms. The van der Waals surface area contributed by atoms with Gasteiger partial charge in [0, 0.05) is 0 Å². The van der Waals surface area contributed by atoms with E-state index in [0.29, 0.717) is 12.8 Å². The fourth-order valence-corrected chi connectivity index (χ4v) is 3.75. The summed E-state index contributed by atoms with van der Waals surface area (Å²) in [7, 11) is -1.90. The van der Waals surface area contributed by atoms with E-state index >= 15 is 0 Å². The SMILES string of the molecule is CCCCCCCCCCCCn1cc[n+](C)c1.CCCOP(=O)([O-])OCCC. The van der Waals surface area contributed by atoms with Crippen molar-refractivity contribution in [3.8, 4) is 0 Å². The Bertz CT molecular complexity index is 511. The summed E-state index contributed by atoms with van der Waals surface area (Å²) < 4.78 is 24.0. The molecule has 0 saturated carbocycles. The molecule has 1 rings (SSSR count). The third-order valence-corrected chi connectivity index (χ3v) is 5.50. The van der Waals surface area contributed by atoms with Gasteiger partial charge < -0.3 is 13.9 Å². The Kier molecular flexibility index (Phi) is 18.8. The highest BCUT2D eigenvalue weighted by molar-refractivity contribution is 7.45. The van der Waals surface area contributed by atoms with Crippen molar-refractivity contribution in [2.45, 2.75) is 104 Å². The summed E-state index contributed by atoms with van der Waals surface area (Å²) in [5.74, 6) is 0. The predicted molar refractivity (Wildman–Crippen MR) is 118 cm³/mol. The maximum absolute atomic E-state index is 10.7. The smallest absolute Gasteiger partial charge is 0.267 e. The minimum atomic E-state index is -3.98. The van der Waals surface area contributed by atoms with Crippen LogP contribution in [0.5, 0.6) is 0 Å². The average Bonchev–Trinajstić information content (AvgIpc) is 3.12. The molecule has 0 unspecified atom stereocenters. The highest BCUT2D eigenvalue weighted by atomic mass is 31.2. The van der Waals surface area contributed by atoms with Crippen LogP contribution in [-0.4, -0.2) is 17.8 Å². The van der Waals surface area contributed by atoms with Crippen LogP contribution in [0.1, 0.15) is 97.8 Å². The van der Waals surface area contributed by atoms with E-state index < -0.39 is 7.82 Å². The highest BCUT2D eigenvalue weighted by Crippen LogP contribution is 2.38. The third-order valence-electron chi connectivity index (χ3n) is 4.50. The lowest BCUT2D eigenvalue weighted by molar-refractivity contribution is -0.671. The van der Waals surface area contributed by atoms with E-state index in [9.17, 15) is 9.46 Å². The normalized spacial score (nSPS) is 11.3. The topological polar surface area (TPSA) is 67.4 Å². The molecular weight excluding hydrogens is 387 g/mol. The van der Waals surface area contributed by atoms with E-state index in [0.717, 1.165) is 0 Å². The van der Waals surface area contributed by atoms with Crippen molar-refractivity contribution in [1.29, 1.82) is 0 Å². The minimum absolute atomic E-state index is 0.199. The Morgan fingerprint density at radius 2 is 1.31 bits per heavy atom. The second-order valence-corrected chi connectivity index (χ2v) is 9.02. The molecule has 0 N–H and O–H groups in total. The number of rotatable bonds is 17. The molecule has 1 aromatic heterocycles. The van der Waals surface area contributed by atoms with Gasteiger partial charge in [0.2, 0.25) is 6.33 Å². The van der Waals surface area contributed by atoms with Crippen molar-refractivity contribution >= 4 is 7.82 Å². The van der Waals surface area contributed by atoms with Gasteiger partial charge in [-0.05, 0) is 25.7 Å². The first kappa shape index (κ1) is 28.3. The Balaban J connectivity index is 0.000000614. The summed E-state index contributed by atoms with van der Waals surface area (Å²) in [5.41, 5.74) is 0. The summed E-state index contributed by atoms with van der Waals surface area (Å²) in [6, 6.07) is 0. The molecule has 0 aliphatic heterocycles. The van der Waals surface area contributed by atoms with Gasteiger partial charge in [0.25, 0.3) is 7.82 Å². The first-order chi connectivity index (χ1) is 13.9. The molecule has 0 fully saturated rings. The maximum Gasteiger partial charge on any atom is 0.267 e. The Morgan fingerprint density at radius 1 is 0.828 bits per heavy atom. The summed E-state index contributed by atoms with van der Waals surface area (Å²) in [4.78, 5) is 10.7. The quantitative estimate of drug-likeness (QED) is 0.184. The number of phosphoric ester groups is 1. The molecule has 1 heterocycles. The molecule has 0 amide bonds. The van der Waals surface area contributed by atoms with Crippen LogP contribution >= 0.6 is 7.82 Å². The van der Waals surface area contributed by atoms with Gasteiger partial charge >= 0.3 is 0 Å². The van der Waals surface area contributed by atoms with Crippen LogP contribution in [0, 0.1) is 0 Å². The lowest BCUT2D eigenvalue weighted by Gasteiger charge is -2.21.